The van der Waals surface area contributed by atoms with Gasteiger partial charge in [0.1, 0.15) is 5.00 Å². The van der Waals surface area contributed by atoms with Crippen LogP contribution in [0, 0.1) is 6.92 Å². The Balaban J connectivity index is 1.17. The summed E-state index contributed by atoms with van der Waals surface area (Å²) in [6.45, 7) is 4.30. The molecule has 6 rings (SSSR count). The summed E-state index contributed by atoms with van der Waals surface area (Å²) in [7, 11) is 0. The van der Waals surface area contributed by atoms with E-state index in [1.165, 1.54) is 29.8 Å². The highest BCUT2D eigenvalue weighted by Gasteiger charge is 2.13. The number of azo groups is 3. The van der Waals surface area contributed by atoms with Crippen molar-refractivity contribution in [2.45, 2.75) is 26.2 Å². The summed E-state index contributed by atoms with van der Waals surface area (Å²) in [4.78, 5) is 2.45. The van der Waals surface area contributed by atoms with Crippen LogP contribution in [0.25, 0.3) is 10.8 Å². The Morgan fingerprint density at radius 1 is 0.525 bits per heavy atom. The van der Waals surface area contributed by atoms with Gasteiger partial charge in [0.15, 0.2) is 0 Å². The number of hydrogen-bond donors (Lipinski definition) is 0. The first-order chi connectivity index (χ1) is 19.7. The second-order valence-electron chi connectivity index (χ2n) is 9.76. The van der Waals surface area contributed by atoms with Crippen LogP contribution in [0.3, 0.4) is 0 Å². The highest BCUT2D eigenvalue weighted by molar-refractivity contribution is 7.19. The maximum atomic E-state index is 4.60. The van der Waals surface area contributed by atoms with Gasteiger partial charge in [-0.1, -0.05) is 53.3 Å². The molecule has 2 heterocycles. The van der Waals surface area contributed by atoms with Gasteiger partial charge in [0.05, 0.1) is 33.4 Å². The fraction of sp³-hybridized carbons (Fsp3) is 0.188. The van der Waals surface area contributed by atoms with E-state index in [9.17, 15) is 0 Å². The molecule has 40 heavy (non-hydrogen) atoms. The third kappa shape index (κ3) is 6.18. The van der Waals surface area contributed by atoms with Crippen molar-refractivity contribution >= 4 is 60.5 Å². The lowest BCUT2D eigenvalue weighted by Crippen LogP contribution is -2.28. The van der Waals surface area contributed by atoms with Gasteiger partial charge in [-0.3, -0.25) is 0 Å². The molecule has 8 heteroatoms. The van der Waals surface area contributed by atoms with Crippen LogP contribution in [-0.2, 0) is 0 Å². The van der Waals surface area contributed by atoms with Crippen molar-refractivity contribution in [3.63, 3.8) is 0 Å². The van der Waals surface area contributed by atoms with E-state index in [4.69, 9.17) is 0 Å². The Morgan fingerprint density at radius 2 is 1.05 bits per heavy atom. The summed E-state index contributed by atoms with van der Waals surface area (Å²) in [5.41, 5.74) is 5.10. The Labute approximate surface area is 237 Å². The first kappa shape index (κ1) is 25.7. The first-order valence-corrected chi connectivity index (χ1v) is 14.3. The van der Waals surface area contributed by atoms with E-state index < -0.39 is 0 Å². The molecule has 0 spiro atoms. The van der Waals surface area contributed by atoms with Crippen LogP contribution < -0.4 is 4.90 Å². The smallest absolute Gasteiger partial charge is 0.140 e. The van der Waals surface area contributed by atoms with Gasteiger partial charge in [-0.25, -0.2) is 0 Å². The molecule has 198 valence electrons. The second-order valence-corrected chi connectivity index (χ2v) is 10.8. The highest BCUT2D eigenvalue weighted by Crippen LogP contribution is 2.38. The molecule has 0 amide bonds. The predicted octanol–water partition coefficient (Wildman–Crippen LogP) is 11.4. The van der Waals surface area contributed by atoms with Crippen LogP contribution >= 0.6 is 11.3 Å². The molecule has 0 N–H and O–H groups in total. The molecule has 1 aliphatic rings. The van der Waals surface area contributed by atoms with Crippen LogP contribution in [0.1, 0.15) is 24.8 Å². The van der Waals surface area contributed by atoms with E-state index in [2.05, 4.69) is 47.7 Å². The van der Waals surface area contributed by atoms with Gasteiger partial charge in [-0.05, 0) is 86.8 Å². The average Bonchev–Trinajstić information content (AvgIpc) is 3.49. The Bertz CT molecular complexity index is 1680. The minimum atomic E-state index is 0.740. The number of piperidine rings is 1. The minimum absolute atomic E-state index is 0.740. The van der Waals surface area contributed by atoms with Gasteiger partial charge in [0, 0.05) is 23.9 Å². The molecule has 4 aromatic carbocycles. The molecule has 1 aromatic heterocycles. The predicted molar refractivity (Wildman–Crippen MR) is 164 cm³/mol. The van der Waals surface area contributed by atoms with Crippen LogP contribution in [-0.4, -0.2) is 13.1 Å². The van der Waals surface area contributed by atoms with E-state index >= 15 is 0 Å². The van der Waals surface area contributed by atoms with E-state index in [0.29, 0.717) is 0 Å². The minimum Gasteiger partial charge on any atom is -0.363 e. The summed E-state index contributed by atoms with van der Waals surface area (Å²) in [6.07, 6.45) is 3.84. The number of fused-ring (bicyclic) bond motifs is 1. The van der Waals surface area contributed by atoms with Gasteiger partial charge in [0.25, 0.3) is 0 Å². The van der Waals surface area contributed by atoms with E-state index in [1.54, 1.807) is 11.3 Å². The van der Waals surface area contributed by atoms with Crippen molar-refractivity contribution < 1.29 is 0 Å². The summed E-state index contributed by atoms with van der Waals surface area (Å²) in [5, 5.41) is 30.9. The maximum Gasteiger partial charge on any atom is 0.140 e. The number of benzene rings is 4. The third-order valence-electron chi connectivity index (χ3n) is 6.82. The van der Waals surface area contributed by atoms with Gasteiger partial charge in [-0.2, -0.15) is 15.3 Å². The molecule has 0 atom stereocenters. The van der Waals surface area contributed by atoms with Crippen molar-refractivity contribution in [3.8, 4) is 0 Å². The Morgan fingerprint density at radius 3 is 1.65 bits per heavy atom. The SMILES string of the molecule is Cc1ccc(N=Nc2ccc(N=Nc3ccc(N=Nc4ccc(N5CCCCC5)s4)c4ccccc34)cc2)cc1. The summed E-state index contributed by atoms with van der Waals surface area (Å²) < 4.78 is 0. The quantitative estimate of drug-likeness (QED) is 0.188. The van der Waals surface area contributed by atoms with Crippen LogP contribution in [0.15, 0.2) is 128 Å². The van der Waals surface area contributed by atoms with Crippen LogP contribution in [0.5, 0.6) is 0 Å². The lowest BCUT2D eigenvalue weighted by Gasteiger charge is -2.26. The van der Waals surface area contributed by atoms with E-state index in [1.807, 2.05) is 91.9 Å². The van der Waals surface area contributed by atoms with Crippen molar-refractivity contribution in [3.05, 3.63) is 103 Å². The molecule has 1 aliphatic heterocycles. The Hall–Kier alpha value is -4.56. The van der Waals surface area contributed by atoms with E-state index in [-0.39, 0.29) is 0 Å². The molecule has 0 aliphatic carbocycles. The second kappa shape index (κ2) is 12.1. The fourth-order valence-corrected chi connectivity index (χ4v) is 5.50. The lowest BCUT2D eigenvalue weighted by molar-refractivity contribution is 0.580. The van der Waals surface area contributed by atoms with Crippen molar-refractivity contribution in [1.82, 2.24) is 0 Å². The summed E-state index contributed by atoms with van der Waals surface area (Å²) in [6, 6.07) is 31.7. The first-order valence-electron chi connectivity index (χ1n) is 13.5. The average molecular weight is 544 g/mol. The maximum absolute atomic E-state index is 4.60. The van der Waals surface area contributed by atoms with Crippen LogP contribution in [0.4, 0.5) is 38.4 Å². The molecule has 1 saturated heterocycles. The number of hydrogen-bond acceptors (Lipinski definition) is 8. The highest BCUT2D eigenvalue weighted by atomic mass is 32.1. The van der Waals surface area contributed by atoms with Crippen LogP contribution in [0.2, 0.25) is 0 Å². The lowest BCUT2D eigenvalue weighted by atomic mass is 10.1. The summed E-state index contributed by atoms with van der Waals surface area (Å²) >= 11 is 1.70. The summed E-state index contributed by atoms with van der Waals surface area (Å²) in [5.74, 6) is 0. The third-order valence-corrected chi connectivity index (χ3v) is 7.85. The Kier molecular flexibility index (Phi) is 7.77. The van der Waals surface area contributed by atoms with E-state index in [0.717, 1.165) is 57.3 Å². The van der Waals surface area contributed by atoms with Gasteiger partial charge in [0.2, 0.25) is 0 Å². The standard InChI is InChI=1S/C32H29N7S/c1-23-9-11-24(12-10-23)33-34-25-13-15-26(16-14-25)35-36-29-17-18-30(28-8-4-3-7-27(28)29)37-38-31-19-20-32(40-31)39-21-5-2-6-22-39/h3-4,7-20H,2,5-6,21-22H2,1H3. The molecule has 5 aromatic rings. The van der Waals surface area contributed by atoms with Crippen molar-refractivity contribution in [2.24, 2.45) is 30.7 Å². The molecule has 0 radical (unpaired) electrons. The topological polar surface area (TPSA) is 77.4 Å². The number of aryl methyl sites for hydroxylation is 1. The number of anilines is 1. The number of rotatable bonds is 7. The monoisotopic (exact) mass is 543 g/mol. The van der Waals surface area contributed by atoms with Gasteiger partial charge in [-0.15, -0.1) is 15.3 Å². The molecular formula is C32H29N7S. The molecule has 0 bridgehead atoms. The molecule has 0 unspecified atom stereocenters. The fourth-order valence-electron chi connectivity index (χ4n) is 4.63. The number of nitrogens with zero attached hydrogens (tertiary/aromatic N) is 7. The zero-order valence-corrected chi connectivity index (χ0v) is 23.1. The molecule has 0 saturated carbocycles. The zero-order chi connectivity index (χ0) is 27.1. The molecule has 7 nitrogen and oxygen atoms in total. The number of thiophene rings is 1. The van der Waals surface area contributed by atoms with Gasteiger partial charge >= 0.3 is 0 Å². The molecule has 1 fully saturated rings. The zero-order valence-electron chi connectivity index (χ0n) is 22.3. The molecular weight excluding hydrogens is 514 g/mol. The van der Waals surface area contributed by atoms with Gasteiger partial charge < -0.3 is 4.90 Å². The van der Waals surface area contributed by atoms with Crippen molar-refractivity contribution in [1.29, 1.82) is 0 Å². The largest absolute Gasteiger partial charge is 0.363 e. The van der Waals surface area contributed by atoms with Crippen molar-refractivity contribution in [2.75, 3.05) is 18.0 Å². The normalized spacial score (nSPS) is 14.3.